The Morgan fingerprint density at radius 3 is 2.50 bits per heavy atom. The third-order valence-electron chi connectivity index (χ3n) is 2.86. The molecule has 5 nitrogen and oxygen atoms in total. The number of thiazole rings is 1. The Labute approximate surface area is 124 Å². The van der Waals surface area contributed by atoms with E-state index >= 15 is 0 Å². The van der Waals surface area contributed by atoms with E-state index in [2.05, 4.69) is 25.8 Å². The number of aromatic nitrogens is 1. The molecule has 20 heavy (non-hydrogen) atoms. The molecule has 1 rings (SSSR count). The fraction of sp³-hybridized carbons (Fsp3) is 0.692. The highest BCUT2D eigenvalue weighted by molar-refractivity contribution is 7.90. The van der Waals surface area contributed by atoms with Crippen LogP contribution >= 0.6 is 11.3 Å². The number of hydrogen-bond acceptors (Lipinski definition) is 6. The second-order valence-electron chi connectivity index (χ2n) is 6.04. The monoisotopic (exact) mass is 318 g/mol. The van der Waals surface area contributed by atoms with Gasteiger partial charge in [0, 0.05) is 17.1 Å². The van der Waals surface area contributed by atoms with Gasteiger partial charge in [0.05, 0.1) is 23.9 Å². The van der Waals surface area contributed by atoms with Gasteiger partial charge in [0.2, 0.25) is 0 Å². The molecule has 1 atom stereocenters. The Morgan fingerprint density at radius 2 is 2.05 bits per heavy atom. The first-order valence-electron chi connectivity index (χ1n) is 6.40. The van der Waals surface area contributed by atoms with Gasteiger partial charge in [-0.05, 0) is 6.42 Å². The lowest BCUT2D eigenvalue weighted by atomic mass is 9.93. The zero-order valence-corrected chi connectivity index (χ0v) is 14.0. The first-order valence-corrected chi connectivity index (χ1v) is 9.34. The van der Waals surface area contributed by atoms with Crippen LogP contribution < -0.4 is 5.73 Å². The molecule has 1 heterocycles. The zero-order chi connectivity index (χ0) is 15.6. The molecule has 0 aromatic carbocycles. The van der Waals surface area contributed by atoms with Crippen molar-refractivity contribution in [2.75, 3.05) is 12.0 Å². The number of nitrogens with zero attached hydrogens (tertiary/aromatic N) is 1. The van der Waals surface area contributed by atoms with E-state index in [1.165, 1.54) is 11.3 Å². The zero-order valence-electron chi connectivity index (χ0n) is 12.3. The second kappa shape index (κ2) is 6.32. The fourth-order valence-electron chi connectivity index (χ4n) is 1.52. The second-order valence-corrected chi connectivity index (χ2v) is 9.25. The molecule has 0 aliphatic heterocycles. The van der Waals surface area contributed by atoms with E-state index in [9.17, 15) is 13.2 Å². The summed E-state index contributed by atoms with van der Waals surface area (Å²) >= 11 is 1.44. The van der Waals surface area contributed by atoms with Gasteiger partial charge in [-0.25, -0.2) is 13.4 Å². The summed E-state index contributed by atoms with van der Waals surface area (Å²) in [6, 6.07) is -0.744. The molecule has 2 N–H and O–H groups in total. The molecular formula is C13H22N2O3S2. The highest BCUT2D eigenvalue weighted by atomic mass is 32.2. The van der Waals surface area contributed by atoms with Crippen LogP contribution in [0.15, 0.2) is 5.38 Å². The van der Waals surface area contributed by atoms with E-state index < -0.39 is 15.9 Å². The molecular weight excluding hydrogens is 296 g/mol. The lowest BCUT2D eigenvalue weighted by Crippen LogP contribution is -2.33. The number of carbonyl (C=O) groups excluding carboxylic acids is 1. The molecule has 1 aromatic heterocycles. The van der Waals surface area contributed by atoms with Crippen LogP contribution in [0.5, 0.6) is 0 Å². The smallest absolute Gasteiger partial charge is 0.156 e. The SMILES string of the molecule is CC(C)(C)c1csc(CC(=O)C(N)CCS(C)(=O)=O)n1. The third-order valence-corrected chi connectivity index (χ3v) is 4.68. The van der Waals surface area contributed by atoms with Gasteiger partial charge in [-0.1, -0.05) is 20.8 Å². The van der Waals surface area contributed by atoms with Crippen molar-refractivity contribution < 1.29 is 13.2 Å². The predicted octanol–water partition coefficient (Wildman–Crippen LogP) is 1.31. The van der Waals surface area contributed by atoms with Gasteiger partial charge < -0.3 is 5.73 Å². The predicted molar refractivity (Wildman–Crippen MR) is 81.8 cm³/mol. The molecule has 7 heteroatoms. The minimum absolute atomic E-state index is 0.0454. The summed E-state index contributed by atoms with van der Waals surface area (Å²) in [4.78, 5) is 16.4. The van der Waals surface area contributed by atoms with Gasteiger partial charge in [0.15, 0.2) is 5.78 Å². The van der Waals surface area contributed by atoms with E-state index in [0.717, 1.165) is 17.0 Å². The molecule has 1 aromatic rings. The highest BCUT2D eigenvalue weighted by Gasteiger charge is 2.21. The van der Waals surface area contributed by atoms with Gasteiger partial charge in [0.25, 0.3) is 0 Å². The molecule has 0 amide bonds. The normalized spacial score (nSPS) is 14.2. The summed E-state index contributed by atoms with van der Waals surface area (Å²) in [5, 5.41) is 2.68. The number of carbonyl (C=O) groups is 1. The number of rotatable bonds is 6. The van der Waals surface area contributed by atoms with Crippen LogP contribution in [0.25, 0.3) is 0 Å². The largest absolute Gasteiger partial charge is 0.321 e. The number of sulfone groups is 1. The average Bonchev–Trinajstić information content (AvgIpc) is 2.72. The number of nitrogens with two attached hydrogens (primary N) is 1. The van der Waals surface area contributed by atoms with Crippen molar-refractivity contribution in [2.45, 2.75) is 45.1 Å². The first-order chi connectivity index (χ1) is 8.99. The molecule has 0 fully saturated rings. The van der Waals surface area contributed by atoms with Crippen molar-refractivity contribution in [3.8, 4) is 0 Å². The van der Waals surface area contributed by atoms with Crippen LogP contribution in [0, 0.1) is 0 Å². The summed E-state index contributed by atoms with van der Waals surface area (Å²) < 4.78 is 22.1. The lowest BCUT2D eigenvalue weighted by Gasteiger charge is -2.14. The van der Waals surface area contributed by atoms with E-state index in [4.69, 9.17) is 5.73 Å². The molecule has 0 aliphatic rings. The number of Topliss-reactive ketones (excluding diaryl/α,β-unsaturated/α-hetero) is 1. The maximum absolute atomic E-state index is 11.9. The maximum Gasteiger partial charge on any atom is 0.156 e. The van der Waals surface area contributed by atoms with Gasteiger partial charge in [0.1, 0.15) is 14.8 Å². The van der Waals surface area contributed by atoms with Crippen molar-refractivity contribution in [2.24, 2.45) is 5.73 Å². The van der Waals surface area contributed by atoms with Gasteiger partial charge in [-0.15, -0.1) is 11.3 Å². The molecule has 0 bridgehead atoms. The molecule has 1 unspecified atom stereocenters. The lowest BCUT2D eigenvalue weighted by molar-refractivity contribution is -0.119. The topological polar surface area (TPSA) is 90.1 Å². The summed E-state index contributed by atoms with van der Waals surface area (Å²) in [5.74, 6) is -0.228. The maximum atomic E-state index is 11.9. The number of hydrogen-bond donors (Lipinski definition) is 1. The Hall–Kier alpha value is -0.790. The van der Waals surface area contributed by atoms with Gasteiger partial charge in [-0.2, -0.15) is 0 Å². The van der Waals surface area contributed by atoms with Crippen molar-refractivity contribution in [1.82, 2.24) is 4.98 Å². The minimum Gasteiger partial charge on any atom is -0.321 e. The van der Waals surface area contributed by atoms with Crippen molar-refractivity contribution in [1.29, 1.82) is 0 Å². The van der Waals surface area contributed by atoms with E-state index in [1.807, 2.05) is 5.38 Å². The van der Waals surface area contributed by atoms with Gasteiger partial charge >= 0.3 is 0 Å². The molecule has 0 radical (unpaired) electrons. The van der Waals surface area contributed by atoms with E-state index in [-0.39, 0.29) is 29.8 Å². The quantitative estimate of drug-likeness (QED) is 0.854. The average molecular weight is 318 g/mol. The standard InChI is InChI=1S/C13H22N2O3S2/c1-13(2,3)11-8-19-12(15-11)7-10(16)9(14)5-6-20(4,17)18/h8-9H,5-7,14H2,1-4H3. The summed E-state index contributed by atoms with van der Waals surface area (Å²) in [7, 11) is -3.09. The Bertz CT molecular complexity index is 571. The van der Waals surface area contributed by atoms with Crippen LogP contribution in [-0.4, -0.2) is 37.2 Å². The molecule has 0 aliphatic carbocycles. The van der Waals surface area contributed by atoms with Crippen molar-refractivity contribution in [3.05, 3.63) is 16.1 Å². The van der Waals surface area contributed by atoms with Crippen LogP contribution in [-0.2, 0) is 26.5 Å². The Morgan fingerprint density at radius 1 is 1.45 bits per heavy atom. The van der Waals surface area contributed by atoms with Crippen molar-refractivity contribution >= 4 is 27.0 Å². The molecule has 114 valence electrons. The van der Waals surface area contributed by atoms with E-state index in [1.54, 1.807) is 0 Å². The Balaban J connectivity index is 2.60. The summed E-state index contributed by atoms with van der Waals surface area (Å²) in [6.45, 7) is 6.18. The molecule has 0 saturated heterocycles. The van der Waals surface area contributed by atoms with Gasteiger partial charge in [-0.3, -0.25) is 4.79 Å². The van der Waals surface area contributed by atoms with Crippen LogP contribution in [0.4, 0.5) is 0 Å². The van der Waals surface area contributed by atoms with E-state index in [0.29, 0.717) is 0 Å². The third kappa shape index (κ3) is 5.68. The molecule has 0 spiro atoms. The highest BCUT2D eigenvalue weighted by Crippen LogP contribution is 2.24. The summed E-state index contributed by atoms with van der Waals surface area (Å²) in [6.07, 6.45) is 1.47. The van der Waals surface area contributed by atoms with Crippen LogP contribution in [0.2, 0.25) is 0 Å². The van der Waals surface area contributed by atoms with Crippen LogP contribution in [0.1, 0.15) is 37.9 Å². The fourth-order valence-corrected chi connectivity index (χ4v) is 3.23. The summed E-state index contributed by atoms with van der Waals surface area (Å²) in [5.41, 5.74) is 6.64. The minimum atomic E-state index is -3.09. The molecule has 0 saturated carbocycles. The first kappa shape index (κ1) is 17.3. The Kier molecular flexibility index (Phi) is 5.46. The number of ketones is 1. The van der Waals surface area contributed by atoms with Crippen LogP contribution in [0.3, 0.4) is 0 Å². The van der Waals surface area contributed by atoms with Crippen molar-refractivity contribution in [3.63, 3.8) is 0 Å².